The fourth-order valence-electron chi connectivity index (χ4n) is 2.55. The molecule has 1 aromatic heterocycles. The van der Waals surface area contributed by atoms with E-state index in [9.17, 15) is 5.26 Å². The number of hydrogen-bond donors (Lipinski definition) is 1. The SMILES string of the molecule is Cc1ccnc(N2CCCC(C(C)N)C2)c1C#N. The highest BCUT2D eigenvalue weighted by Crippen LogP contribution is 2.26. The Balaban J connectivity index is 2.27. The van der Waals surface area contributed by atoms with Crippen LogP contribution in [0.15, 0.2) is 12.3 Å². The maximum atomic E-state index is 9.26. The second kappa shape index (κ2) is 5.36. The lowest BCUT2D eigenvalue weighted by molar-refractivity contribution is 0.363. The van der Waals surface area contributed by atoms with E-state index in [1.54, 1.807) is 6.20 Å². The zero-order valence-corrected chi connectivity index (χ0v) is 11.1. The van der Waals surface area contributed by atoms with Crippen LogP contribution >= 0.6 is 0 Å². The molecule has 4 heteroatoms. The molecule has 2 heterocycles. The Bertz CT molecular complexity index is 461. The lowest BCUT2D eigenvalue weighted by Crippen LogP contribution is -2.43. The average Bonchev–Trinajstić information content (AvgIpc) is 2.38. The quantitative estimate of drug-likeness (QED) is 0.862. The highest BCUT2D eigenvalue weighted by molar-refractivity contribution is 5.57. The van der Waals surface area contributed by atoms with Crippen molar-refractivity contribution in [2.45, 2.75) is 32.7 Å². The van der Waals surface area contributed by atoms with Gasteiger partial charge in [0.05, 0.1) is 5.56 Å². The lowest BCUT2D eigenvalue weighted by Gasteiger charge is -2.35. The Morgan fingerprint density at radius 2 is 2.39 bits per heavy atom. The number of rotatable bonds is 2. The summed E-state index contributed by atoms with van der Waals surface area (Å²) < 4.78 is 0. The molecule has 2 atom stereocenters. The van der Waals surface area contributed by atoms with Crippen molar-refractivity contribution >= 4 is 5.82 Å². The fourth-order valence-corrected chi connectivity index (χ4v) is 2.55. The van der Waals surface area contributed by atoms with Crippen LogP contribution in [0, 0.1) is 24.2 Å². The first-order valence-electron chi connectivity index (χ1n) is 6.49. The van der Waals surface area contributed by atoms with Gasteiger partial charge in [-0.05, 0) is 44.2 Å². The van der Waals surface area contributed by atoms with Crippen LogP contribution in [0.2, 0.25) is 0 Å². The summed E-state index contributed by atoms with van der Waals surface area (Å²) in [5, 5.41) is 9.26. The molecule has 1 fully saturated rings. The van der Waals surface area contributed by atoms with Gasteiger partial charge in [-0.3, -0.25) is 0 Å². The minimum atomic E-state index is 0.197. The van der Waals surface area contributed by atoms with Gasteiger partial charge in [0, 0.05) is 25.3 Å². The smallest absolute Gasteiger partial charge is 0.146 e. The van der Waals surface area contributed by atoms with Crippen LogP contribution in [-0.4, -0.2) is 24.1 Å². The zero-order chi connectivity index (χ0) is 13.1. The number of aromatic nitrogens is 1. The van der Waals surface area contributed by atoms with E-state index in [0.29, 0.717) is 11.5 Å². The largest absolute Gasteiger partial charge is 0.355 e. The van der Waals surface area contributed by atoms with Gasteiger partial charge in [-0.1, -0.05) is 0 Å². The minimum Gasteiger partial charge on any atom is -0.355 e. The Morgan fingerprint density at radius 1 is 1.61 bits per heavy atom. The summed E-state index contributed by atoms with van der Waals surface area (Å²) in [6.45, 7) is 5.89. The summed E-state index contributed by atoms with van der Waals surface area (Å²) >= 11 is 0. The summed E-state index contributed by atoms with van der Waals surface area (Å²) in [6.07, 6.45) is 4.07. The van der Waals surface area contributed by atoms with Gasteiger partial charge in [0.1, 0.15) is 11.9 Å². The number of nitrogens with zero attached hydrogens (tertiary/aromatic N) is 3. The summed E-state index contributed by atoms with van der Waals surface area (Å²) in [4.78, 5) is 6.60. The van der Waals surface area contributed by atoms with E-state index in [4.69, 9.17) is 5.73 Å². The maximum Gasteiger partial charge on any atom is 0.146 e. The molecule has 1 aromatic rings. The van der Waals surface area contributed by atoms with Gasteiger partial charge in [-0.25, -0.2) is 4.98 Å². The molecule has 0 saturated carbocycles. The fraction of sp³-hybridized carbons (Fsp3) is 0.571. The van der Waals surface area contributed by atoms with E-state index in [0.717, 1.165) is 30.9 Å². The number of nitriles is 1. The second-order valence-electron chi connectivity index (χ2n) is 5.15. The van der Waals surface area contributed by atoms with Crippen molar-refractivity contribution in [2.75, 3.05) is 18.0 Å². The summed E-state index contributed by atoms with van der Waals surface area (Å²) in [5.41, 5.74) is 7.68. The first kappa shape index (κ1) is 12.8. The molecular weight excluding hydrogens is 224 g/mol. The number of anilines is 1. The van der Waals surface area contributed by atoms with E-state index >= 15 is 0 Å². The molecule has 96 valence electrons. The first-order valence-corrected chi connectivity index (χ1v) is 6.49. The van der Waals surface area contributed by atoms with Gasteiger partial charge in [0.2, 0.25) is 0 Å². The molecule has 0 radical (unpaired) electrons. The molecule has 18 heavy (non-hydrogen) atoms. The Labute approximate surface area is 108 Å². The van der Waals surface area contributed by atoms with E-state index in [-0.39, 0.29) is 6.04 Å². The highest BCUT2D eigenvalue weighted by atomic mass is 15.2. The van der Waals surface area contributed by atoms with Crippen LogP contribution in [0.25, 0.3) is 0 Å². The first-order chi connectivity index (χ1) is 8.63. The Morgan fingerprint density at radius 3 is 3.06 bits per heavy atom. The Hall–Kier alpha value is -1.60. The molecule has 2 N–H and O–H groups in total. The normalized spacial score (nSPS) is 21.4. The van der Waals surface area contributed by atoms with Crippen molar-refractivity contribution in [2.24, 2.45) is 11.7 Å². The molecule has 1 aliphatic heterocycles. The van der Waals surface area contributed by atoms with Gasteiger partial charge in [0.25, 0.3) is 0 Å². The number of hydrogen-bond acceptors (Lipinski definition) is 4. The van der Waals surface area contributed by atoms with Gasteiger partial charge < -0.3 is 10.6 Å². The minimum absolute atomic E-state index is 0.197. The average molecular weight is 244 g/mol. The van der Waals surface area contributed by atoms with E-state index < -0.39 is 0 Å². The number of aryl methyl sites for hydroxylation is 1. The van der Waals surface area contributed by atoms with Crippen molar-refractivity contribution in [3.8, 4) is 6.07 Å². The van der Waals surface area contributed by atoms with Crippen LogP contribution in [0.4, 0.5) is 5.82 Å². The van der Waals surface area contributed by atoms with Crippen LogP contribution < -0.4 is 10.6 Å². The third-order valence-electron chi connectivity index (χ3n) is 3.75. The highest BCUT2D eigenvalue weighted by Gasteiger charge is 2.25. The molecule has 0 bridgehead atoms. The monoisotopic (exact) mass is 244 g/mol. The molecule has 4 nitrogen and oxygen atoms in total. The second-order valence-corrected chi connectivity index (χ2v) is 5.15. The third kappa shape index (κ3) is 2.46. The summed E-state index contributed by atoms with van der Waals surface area (Å²) in [5.74, 6) is 1.32. The van der Waals surface area contributed by atoms with E-state index in [2.05, 4.69) is 22.9 Å². The molecule has 0 aromatic carbocycles. The van der Waals surface area contributed by atoms with Crippen LogP contribution in [0.3, 0.4) is 0 Å². The van der Waals surface area contributed by atoms with Crippen molar-refractivity contribution in [3.63, 3.8) is 0 Å². The van der Waals surface area contributed by atoms with Crippen molar-refractivity contribution in [1.82, 2.24) is 4.98 Å². The van der Waals surface area contributed by atoms with E-state index in [1.165, 1.54) is 6.42 Å². The standard InChI is InChI=1S/C14H20N4/c1-10-5-6-17-14(13(10)8-15)18-7-3-4-12(9-18)11(2)16/h5-6,11-12H,3-4,7,9,16H2,1-2H3. The van der Waals surface area contributed by atoms with Gasteiger partial charge in [-0.2, -0.15) is 5.26 Å². The molecule has 1 saturated heterocycles. The molecule has 2 rings (SSSR count). The van der Waals surface area contributed by atoms with Crippen molar-refractivity contribution in [1.29, 1.82) is 5.26 Å². The summed E-state index contributed by atoms with van der Waals surface area (Å²) in [6, 6.07) is 4.35. The summed E-state index contributed by atoms with van der Waals surface area (Å²) in [7, 11) is 0. The molecule has 0 aliphatic carbocycles. The maximum absolute atomic E-state index is 9.26. The number of pyridine rings is 1. The molecule has 0 spiro atoms. The van der Waals surface area contributed by atoms with Crippen LogP contribution in [0.5, 0.6) is 0 Å². The lowest BCUT2D eigenvalue weighted by atomic mass is 9.92. The van der Waals surface area contributed by atoms with Crippen LogP contribution in [0.1, 0.15) is 30.9 Å². The van der Waals surface area contributed by atoms with Gasteiger partial charge >= 0.3 is 0 Å². The molecule has 0 amide bonds. The molecule has 1 aliphatic rings. The molecular formula is C14H20N4. The number of nitrogens with two attached hydrogens (primary N) is 1. The van der Waals surface area contributed by atoms with E-state index in [1.807, 2.05) is 13.0 Å². The molecule has 2 unspecified atom stereocenters. The van der Waals surface area contributed by atoms with Crippen LogP contribution in [-0.2, 0) is 0 Å². The van der Waals surface area contributed by atoms with Crippen molar-refractivity contribution in [3.05, 3.63) is 23.4 Å². The zero-order valence-electron chi connectivity index (χ0n) is 11.1. The predicted octanol–water partition coefficient (Wildman–Crippen LogP) is 1.83. The topological polar surface area (TPSA) is 65.9 Å². The van der Waals surface area contributed by atoms with Crippen molar-refractivity contribution < 1.29 is 0 Å². The number of piperidine rings is 1. The predicted molar refractivity (Wildman–Crippen MR) is 72.3 cm³/mol. The van der Waals surface area contributed by atoms with Gasteiger partial charge in [0.15, 0.2) is 0 Å². The van der Waals surface area contributed by atoms with Gasteiger partial charge in [-0.15, -0.1) is 0 Å². The third-order valence-corrected chi connectivity index (χ3v) is 3.75. The Kier molecular flexibility index (Phi) is 3.83.